The Bertz CT molecular complexity index is 827. The molecule has 1 aliphatic heterocycles. The van der Waals surface area contributed by atoms with Gasteiger partial charge in [-0.15, -0.1) is 0 Å². The summed E-state index contributed by atoms with van der Waals surface area (Å²) >= 11 is 6.03. The molecule has 0 radical (unpaired) electrons. The number of amides is 1. The Morgan fingerprint density at radius 1 is 1.50 bits per heavy atom. The third-order valence-electron chi connectivity index (χ3n) is 3.54. The second kappa shape index (κ2) is 6.32. The molecular weight excluding hydrogens is 338 g/mol. The van der Waals surface area contributed by atoms with Crippen molar-refractivity contribution in [2.24, 2.45) is 0 Å². The number of rotatable bonds is 3. The fourth-order valence-corrected chi connectivity index (χ4v) is 2.77. The van der Waals surface area contributed by atoms with Crippen LogP contribution >= 0.6 is 11.6 Å². The molecule has 3 rings (SSSR count). The lowest BCUT2D eigenvalue weighted by Gasteiger charge is -2.29. The van der Waals surface area contributed by atoms with Crippen molar-refractivity contribution in [2.75, 3.05) is 25.2 Å². The summed E-state index contributed by atoms with van der Waals surface area (Å²) in [5, 5.41) is 11.2. The highest BCUT2D eigenvalue weighted by Crippen LogP contribution is 2.37. The number of carbonyl (C=O) groups excluding carboxylic acids is 1. The van der Waals surface area contributed by atoms with Gasteiger partial charge in [0.25, 0.3) is 5.91 Å². The summed E-state index contributed by atoms with van der Waals surface area (Å²) < 4.78 is 10.4. The quantitative estimate of drug-likeness (QED) is 0.624. The van der Waals surface area contributed by atoms with Gasteiger partial charge in [0.05, 0.1) is 35.5 Å². The zero-order valence-electron chi connectivity index (χ0n) is 12.6. The number of anilines is 1. The van der Waals surface area contributed by atoms with E-state index in [1.807, 2.05) is 0 Å². The van der Waals surface area contributed by atoms with Crippen molar-refractivity contribution in [3.05, 3.63) is 51.3 Å². The Balaban J connectivity index is 2.04. The number of fused-ring (bicyclic) bond motifs is 1. The fourth-order valence-electron chi connectivity index (χ4n) is 2.48. The largest absolute Gasteiger partial charge is 0.489 e. The van der Waals surface area contributed by atoms with Crippen LogP contribution in [0.15, 0.2) is 30.6 Å². The van der Waals surface area contributed by atoms with E-state index >= 15 is 0 Å². The molecule has 24 heavy (non-hydrogen) atoms. The Hall–Kier alpha value is -2.87. The van der Waals surface area contributed by atoms with E-state index in [4.69, 9.17) is 21.1 Å². The molecule has 0 bridgehead atoms. The summed E-state index contributed by atoms with van der Waals surface area (Å²) in [7, 11) is 1.28. The van der Waals surface area contributed by atoms with E-state index in [-0.39, 0.29) is 22.0 Å². The van der Waals surface area contributed by atoms with Crippen LogP contribution < -0.4 is 14.4 Å². The first-order valence-electron chi connectivity index (χ1n) is 6.93. The van der Waals surface area contributed by atoms with E-state index in [9.17, 15) is 14.9 Å². The third kappa shape index (κ3) is 2.71. The average molecular weight is 350 g/mol. The van der Waals surface area contributed by atoms with Crippen LogP contribution in [0.5, 0.6) is 11.5 Å². The molecule has 0 unspecified atom stereocenters. The van der Waals surface area contributed by atoms with Crippen LogP contribution in [0.1, 0.15) is 10.4 Å². The minimum absolute atomic E-state index is 0.00161. The van der Waals surface area contributed by atoms with Gasteiger partial charge in [-0.1, -0.05) is 11.6 Å². The standard InChI is InChI=1S/C15H12ClN3O5/c1-23-14-10(16)6-9(7-12(14)19(21)22)15(20)18-4-5-24-13-8-17-3-2-11(13)18/h2-3,6-8H,4-5H2,1H3. The monoisotopic (exact) mass is 349 g/mol. The normalized spacial score (nSPS) is 13.0. The van der Waals surface area contributed by atoms with Gasteiger partial charge < -0.3 is 14.4 Å². The number of hydrogen-bond acceptors (Lipinski definition) is 6. The first-order valence-corrected chi connectivity index (χ1v) is 7.31. The predicted octanol–water partition coefficient (Wildman–Crippen LogP) is 2.69. The average Bonchev–Trinajstić information content (AvgIpc) is 2.59. The molecular formula is C15H12ClN3O5. The van der Waals surface area contributed by atoms with E-state index in [0.29, 0.717) is 24.6 Å². The lowest BCUT2D eigenvalue weighted by Crippen LogP contribution is -2.38. The van der Waals surface area contributed by atoms with Crippen LogP contribution in [-0.4, -0.2) is 36.1 Å². The van der Waals surface area contributed by atoms with E-state index in [2.05, 4.69) is 4.98 Å². The lowest BCUT2D eigenvalue weighted by molar-refractivity contribution is -0.385. The molecule has 124 valence electrons. The number of nitro groups is 1. The number of nitro benzene ring substituents is 1. The number of methoxy groups -OCH3 is 1. The van der Waals surface area contributed by atoms with E-state index in [0.717, 1.165) is 6.07 Å². The highest BCUT2D eigenvalue weighted by atomic mass is 35.5. The van der Waals surface area contributed by atoms with Crippen molar-refractivity contribution in [2.45, 2.75) is 0 Å². The number of carbonyl (C=O) groups is 1. The Kier molecular flexibility index (Phi) is 4.22. The van der Waals surface area contributed by atoms with Crippen molar-refractivity contribution in [3.63, 3.8) is 0 Å². The topological polar surface area (TPSA) is 94.8 Å². The smallest absolute Gasteiger partial charge is 0.313 e. The fraction of sp³-hybridized carbons (Fsp3) is 0.200. The van der Waals surface area contributed by atoms with Crippen LogP contribution in [0.4, 0.5) is 11.4 Å². The molecule has 2 heterocycles. The van der Waals surface area contributed by atoms with Crippen LogP contribution in [0.25, 0.3) is 0 Å². The van der Waals surface area contributed by atoms with Crippen molar-refractivity contribution in [1.82, 2.24) is 4.98 Å². The summed E-state index contributed by atoms with van der Waals surface area (Å²) in [5.74, 6) is -0.0191. The van der Waals surface area contributed by atoms with Gasteiger partial charge in [0.1, 0.15) is 6.61 Å². The predicted molar refractivity (Wildman–Crippen MR) is 86.1 cm³/mol. The maximum Gasteiger partial charge on any atom is 0.313 e. The summed E-state index contributed by atoms with van der Waals surface area (Å²) in [5.41, 5.74) is 0.282. The van der Waals surface area contributed by atoms with Crippen molar-refractivity contribution in [1.29, 1.82) is 0 Å². The van der Waals surface area contributed by atoms with E-state index in [1.54, 1.807) is 6.07 Å². The van der Waals surface area contributed by atoms with Gasteiger partial charge >= 0.3 is 5.69 Å². The third-order valence-corrected chi connectivity index (χ3v) is 3.82. The number of nitrogens with zero attached hydrogens (tertiary/aromatic N) is 3. The van der Waals surface area contributed by atoms with E-state index < -0.39 is 10.8 Å². The molecule has 0 saturated heterocycles. The molecule has 8 nitrogen and oxygen atoms in total. The number of ether oxygens (including phenoxy) is 2. The zero-order chi connectivity index (χ0) is 17.3. The van der Waals surface area contributed by atoms with Gasteiger partial charge in [0, 0.05) is 17.8 Å². The molecule has 9 heteroatoms. The Morgan fingerprint density at radius 2 is 2.29 bits per heavy atom. The molecule has 2 aromatic rings. The molecule has 1 amide bonds. The zero-order valence-corrected chi connectivity index (χ0v) is 13.3. The summed E-state index contributed by atoms with van der Waals surface area (Å²) in [6.45, 7) is 0.615. The van der Waals surface area contributed by atoms with Crippen LogP contribution in [0.3, 0.4) is 0 Å². The number of halogens is 1. The minimum atomic E-state index is -0.640. The first-order chi connectivity index (χ1) is 11.5. The van der Waals surface area contributed by atoms with Crippen LogP contribution in [0.2, 0.25) is 5.02 Å². The minimum Gasteiger partial charge on any atom is -0.489 e. The summed E-state index contributed by atoms with van der Waals surface area (Å²) in [6, 6.07) is 4.15. The highest BCUT2D eigenvalue weighted by Gasteiger charge is 2.28. The van der Waals surface area contributed by atoms with Gasteiger partial charge in [-0.2, -0.15) is 0 Å². The van der Waals surface area contributed by atoms with Crippen molar-refractivity contribution >= 4 is 28.9 Å². The molecule has 0 fully saturated rings. The Labute approximate surface area is 141 Å². The highest BCUT2D eigenvalue weighted by molar-refractivity contribution is 6.33. The molecule has 0 atom stereocenters. The molecule has 0 aliphatic carbocycles. The van der Waals surface area contributed by atoms with Gasteiger partial charge in [-0.25, -0.2) is 0 Å². The van der Waals surface area contributed by atoms with E-state index in [1.165, 1.54) is 30.5 Å². The number of benzene rings is 1. The molecule has 0 saturated carbocycles. The molecule has 0 N–H and O–H groups in total. The molecule has 1 aliphatic rings. The van der Waals surface area contributed by atoms with Gasteiger partial charge in [-0.3, -0.25) is 19.9 Å². The van der Waals surface area contributed by atoms with Crippen LogP contribution in [0, 0.1) is 10.1 Å². The summed E-state index contributed by atoms with van der Waals surface area (Å²) in [4.78, 5) is 28.8. The molecule has 1 aromatic heterocycles. The number of pyridine rings is 1. The maximum absolute atomic E-state index is 12.8. The number of hydrogen-bond donors (Lipinski definition) is 0. The van der Waals surface area contributed by atoms with Gasteiger partial charge in [0.15, 0.2) is 5.75 Å². The second-order valence-corrected chi connectivity index (χ2v) is 5.32. The Morgan fingerprint density at radius 3 is 3.00 bits per heavy atom. The molecule has 0 spiro atoms. The van der Waals surface area contributed by atoms with Gasteiger partial charge in [0.2, 0.25) is 5.75 Å². The van der Waals surface area contributed by atoms with Crippen LogP contribution in [-0.2, 0) is 0 Å². The van der Waals surface area contributed by atoms with Crippen molar-refractivity contribution < 1.29 is 19.2 Å². The first kappa shape index (κ1) is 16.0. The second-order valence-electron chi connectivity index (χ2n) is 4.92. The maximum atomic E-state index is 12.8. The molecule has 1 aromatic carbocycles. The summed E-state index contributed by atoms with van der Waals surface area (Å²) in [6.07, 6.45) is 3.05. The van der Waals surface area contributed by atoms with Gasteiger partial charge in [-0.05, 0) is 12.1 Å². The number of aromatic nitrogens is 1. The van der Waals surface area contributed by atoms with Crippen molar-refractivity contribution in [3.8, 4) is 11.5 Å². The lowest BCUT2D eigenvalue weighted by atomic mass is 10.1. The SMILES string of the molecule is COc1c(Cl)cc(C(=O)N2CCOc3cnccc32)cc1[N+](=O)[O-].